The molecule has 6 radical (unpaired) electrons. The molecule has 96 heavy (non-hydrogen) atoms. The van der Waals surface area contributed by atoms with Crippen LogP contribution >= 0.6 is 0 Å². The summed E-state index contributed by atoms with van der Waals surface area (Å²) in [5.74, 6) is 1.94. The average Bonchev–Trinajstić information content (AvgIpc) is 1.89. The van der Waals surface area contributed by atoms with Crippen molar-refractivity contribution in [3.63, 3.8) is 0 Å². The zero-order valence-corrected chi connectivity index (χ0v) is 65.4. The van der Waals surface area contributed by atoms with E-state index in [1.807, 2.05) is 194 Å². The van der Waals surface area contributed by atoms with Gasteiger partial charge >= 0.3 is 0 Å². The molecule has 18 rings (SSSR count). The van der Waals surface area contributed by atoms with E-state index in [0.717, 1.165) is 107 Å². The van der Waals surface area contributed by atoms with Crippen molar-refractivity contribution in [3.8, 4) is 0 Å². The Morgan fingerprint density at radius 3 is 1.24 bits per heavy atom. The molecule has 0 saturated heterocycles. The van der Waals surface area contributed by atoms with Crippen molar-refractivity contribution in [2.45, 2.75) is 38.5 Å². The van der Waals surface area contributed by atoms with Crippen molar-refractivity contribution in [1.29, 1.82) is 0 Å². The Bertz CT molecular complexity index is 3530. The molecule has 6 aromatic carbocycles. The number of aromatic nitrogens is 8. The molecule has 6 aliphatic rings. The van der Waals surface area contributed by atoms with Crippen molar-refractivity contribution in [2.24, 2.45) is 0 Å². The summed E-state index contributed by atoms with van der Waals surface area (Å²) in [5.41, 5.74) is 18.0. The van der Waals surface area contributed by atoms with Gasteiger partial charge in [-0.1, -0.05) is 11.6 Å². The van der Waals surface area contributed by atoms with Crippen LogP contribution in [0.5, 0.6) is 0 Å². The molecule has 6 aromatic heterocycles. The molecule has 6 aliphatic heterocycles. The molecule has 20 heteroatoms. The third-order valence-electron chi connectivity index (χ3n) is 15.1. The second-order valence-corrected chi connectivity index (χ2v) is 20.7. The van der Waals surface area contributed by atoms with Crippen molar-refractivity contribution in [3.05, 3.63) is 354 Å². The van der Waals surface area contributed by atoms with Gasteiger partial charge in [0.2, 0.25) is 0 Å². The van der Waals surface area contributed by atoms with E-state index < -0.39 is 0 Å². The van der Waals surface area contributed by atoms with Crippen molar-refractivity contribution in [1.82, 2.24) is 39.9 Å². The van der Waals surface area contributed by atoms with E-state index in [2.05, 4.69) is 176 Å². The molecule has 0 spiro atoms. The summed E-state index contributed by atoms with van der Waals surface area (Å²) in [4.78, 5) is 46.6. The number of rotatable bonds is 6. The van der Waals surface area contributed by atoms with Gasteiger partial charge in [-0.25, -0.2) is 59.2 Å². The van der Waals surface area contributed by atoms with Crippen LogP contribution in [-0.4, -0.2) is 39.9 Å². The van der Waals surface area contributed by atoms with E-state index in [0.29, 0.717) is 0 Å². The normalized spacial score (nSPS) is 13.1. The fraction of sp³-hybridized carbons (Fsp3) is 0.0789. The summed E-state index contributed by atoms with van der Waals surface area (Å²) in [7, 11) is 0. The maximum atomic E-state index is 4.39. The molecule has 14 nitrogen and oxygen atoms in total. The van der Waals surface area contributed by atoms with E-state index in [9.17, 15) is 0 Å². The molecule has 0 unspecified atom stereocenters. The summed E-state index contributed by atoms with van der Waals surface area (Å²) in [6, 6.07) is 79.2. The molecule has 0 atom stereocenters. The Morgan fingerprint density at radius 2 is 0.656 bits per heavy atom. The van der Waals surface area contributed by atoms with Gasteiger partial charge < -0.3 is 29.4 Å². The van der Waals surface area contributed by atoms with E-state index >= 15 is 0 Å². The predicted molar refractivity (Wildman–Crippen MR) is 354 cm³/mol. The van der Waals surface area contributed by atoms with Crippen molar-refractivity contribution in [2.75, 3.05) is 29.4 Å². The Hall–Kier alpha value is -7.22. The monoisotopic (exact) mass is 2320 g/mol. The number of hydrogen-bond acceptors (Lipinski definition) is 14. The van der Waals surface area contributed by atoms with E-state index in [-0.39, 0.29) is 121 Å². The van der Waals surface area contributed by atoms with Crippen molar-refractivity contribution < 1.29 is 121 Å². The smallest absolute Gasteiger partial charge is 0.121 e. The minimum absolute atomic E-state index is 0. The third kappa shape index (κ3) is 18.7. The average molecular weight is 2320 g/mol. The van der Waals surface area contributed by atoms with Crippen molar-refractivity contribution >= 4 is 68.5 Å². The van der Waals surface area contributed by atoms with Gasteiger partial charge in [-0.2, -0.15) is 182 Å². The van der Waals surface area contributed by atoms with E-state index in [1.165, 1.54) is 33.8 Å². The largest absolute Gasteiger partial charge is 0.514 e. The zero-order valence-electron chi connectivity index (χ0n) is 51.1. The molecule has 0 bridgehead atoms. The number of nitrogens with zero attached hydrogens (tertiary/aromatic N) is 14. The Labute approximate surface area is 644 Å². The third-order valence-corrected chi connectivity index (χ3v) is 15.1. The first-order valence-corrected chi connectivity index (χ1v) is 29.6. The minimum atomic E-state index is 0. The van der Waals surface area contributed by atoms with Gasteiger partial charge in [0.25, 0.3) is 0 Å². The second-order valence-electron chi connectivity index (χ2n) is 20.7. The van der Waals surface area contributed by atoms with Crippen LogP contribution in [0.15, 0.2) is 244 Å². The Morgan fingerprint density at radius 1 is 0.260 bits per heavy atom. The maximum absolute atomic E-state index is 4.39. The molecule has 0 saturated carbocycles. The van der Waals surface area contributed by atoms with E-state index in [4.69, 9.17) is 0 Å². The van der Waals surface area contributed by atoms with Crippen LogP contribution in [0.3, 0.4) is 0 Å². The molecule has 0 amide bonds. The first-order chi connectivity index (χ1) is 44.7. The molecule has 498 valence electrons. The van der Waals surface area contributed by atoms with Gasteiger partial charge in [-0.3, -0.25) is 19.9 Å². The SMILES string of the molecule is [Ir].[Ir].[Ir].[Ir].[Ir].[Ir].[c-]1ccccc1N1[CH-]Cc2cccnc21.[c-]1ccccc1N1[CH-]Cc2ccncc21.[c-]1ccccc1N1[CH-]Cc2cnccc21.[c-]1ccccc1N1[CH-]Cc2ncccc21.[c-]1ccccc1N1[CH-]Cc2nccnc21.[c-]1ccccc1N1[CH-]Cc2ncncc21. The second kappa shape index (κ2) is 38.6. The number of anilines is 12. The molecular weight excluding hydrogens is 2260 g/mol. The Balaban J connectivity index is 0.000000161. The first-order valence-electron chi connectivity index (χ1n) is 29.6. The van der Waals surface area contributed by atoms with Crippen LogP contribution in [0.4, 0.5) is 68.5 Å². The van der Waals surface area contributed by atoms with Gasteiger partial charge in [0, 0.05) is 204 Å². The van der Waals surface area contributed by atoms with Crippen LogP contribution < -0.4 is 29.4 Å². The van der Waals surface area contributed by atoms with Crippen LogP contribution in [0.2, 0.25) is 0 Å². The maximum Gasteiger partial charge on any atom is 0.121 e. The Kier molecular flexibility index (Phi) is 30.7. The molecule has 12 heterocycles. The van der Waals surface area contributed by atoms with Gasteiger partial charge in [-0.05, 0) is 41.5 Å². The van der Waals surface area contributed by atoms with Crippen LogP contribution in [0, 0.1) is 75.7 Å². The van der Waals surface area contributed by atoms with E-state index in [1.54, 1.807) is 18.7 Å². The van der Waals surface area contributed by atoms with Crippen LogP contribution in [-0.2, 0) is 159 Å². The fourth-order valence-corrected chi connectivity index (χ4v) is 10.8. The topological polar surface area (TPSA) is 123 Å². The first kappa shape index (κ1) is 76.1. The summed E-state index contributed by atoms with van der Waals surface area (Å²) >= 11 is 0. The molecule has 0 N–H and O–H groups in total. The van der Waals surface area contributed by atoms with Gasteiger partial charge in [-0.15, -0.1) is 72.6 Å². The number of para-hydroxylation sites is 6. The minimum Gasteiger partial charge on any atom is -0.514 e. The standard InChI is InChI=1S/4C13H10N2.2C12H9N3.6Ir/c1-2-6-12(7-3-1)15-10-8-11-5-4-9-14-13(11)15;1-2-5-11(6-3-1)15-10-8-12-13(15)7-4-9-14-12;1-2-4-12(5-3-1)15-9-7-11-10-14-8-6-13(11)15;1-2-4-12(5-3-1)15-9-7-11-6-8-14-10-13(11)15;1-2-4-10(5-3-1)15-9-6-11-12(15)14-8-7-13-11;1-2-4-10(5-3-1)15-7-6-11-12(15)8-13-9-14-11;;;;;;/h1-6,9-10H,8H2;1-5,7,9-10H,8H2;2*1-4,6,8-10H,7H2;2*1-4,7-9H,6H2;;;;;;/q6*-2;;;;;;. The fourth-order valence-electron chi connectivity index (χ4n) is 10.8. The number of fused-ring (bicyclic) bond motifs is 6. The number of hydrogen-bond donors (Lipinski definition) is 0. The van der Waals surface area contributed by atoms with Gasteiger partial charge in [0.05, 0.1) is 11.9 Å². The van der Waals surface area contributed by atoms with Gasteiger partial charge in [0.15, 0.2) is 0 Å². The molecule has 12 aromatic rings. The zero-order chi connectivity index (χ0) is 60.5. The molecule has 0 fully saturated rings. The number of pyridine rings is 4. The predicted octanol–water partition coefficient (Wildman–Crippen LogP) is 15.2. The summed E-state index contributed by atoms with van der Waals surface area (Å²) in [6.45, 7) is 12.8. The summed E-state index contributed by atoms with van der Waals surface area (Å²) in [6.07, 6.45) is 23.5. The number of benzene rings is 6. The molecule has 0 aliphatic carbocycles. The molecular formula is C76H58Ir6N14-12. The summed E-state index contributed by atoms with van der Waals surface area (Å²) < 4.78 is 0. The summed E-state index contributed by atoms with van der Waals surface area (Å²) in [5, 5.41) is 0. The quantitative estimate of drug-likeness (QED) is 0.147. The van der Waals surface area contributed by atoms with Crippen LogP contribution in [0.1, 0.15) is 33.8 Å². The van der Waals surface area contributed by atoms with Crippen LogP contribution in [0.25, 0.3) is 0 Å². The van der Waals surface area contributed by atoms with Gasteiger partial charge in [0.1, 0.15) is 18.0 Å².